The highest BCUT2D eigenvalue weighted by atomic mass is 32.2. The van der Waals surface area contributed by atoms with Crippen LogP contribution in [0.3, 0.4) is 0 Å². The third-order valence-electron chi connectivity index (χ3n) is 4.19. The summed E-state index contributed by atoms with van der Waals surface area (Å²) in [5.41, 5.74) is -0.168. The molecule has 28 heavy (non-hydrogen) atoms. The van der Waals surface area contributed by atoms with Crippen LogP contribution in [-0.4, -0.2) is 31.4 Å². The standard InChI is InChI=1S/C19H19F3O5S/c1-4-28(25,26)14-6-7-15(11(2)9-14)16-10-13(19(20,21)22)5-8-17(16)27-12(3)18(23)24/h5-10,12H,4H2,1-3H3,(H,23,24)/t12-/m0/s1. The van der Waals surface area contributed by atoms with E-state index in [-0.39, 0.29) is 22.0 Å². The van der Waals surface area contributed by atoms with E-state index in [0.717, 1.165) is 18.2 Å². The highest BCUT2D eigenvalue weighted by molar-refractivity contribution is 7.91. The van der Waals surface area contributed by atoms with Gasteiger partial charge in [0.15, 0.2) is 15.9 Å². The molecule has 0 aliphatic heterocycles. The molecule has 0 aliphatic rings. The van der Waals surface area contributed by atoms with Crippen LogP contribution < -0.4 is 4.74 Å². The Morgan fingerprint density at radius 3 is 2.29 bits per heavy atom. The van der Waals surface area contributed by atoms with Crippen molar-refractivity contribution in [3.63, 3.8) is 0 Å². The van der Waals surface area contributed by atoms with Gasteiger partial charge in [0.05, 0.1) is 16.2 Å². The van der Waals surface area contributed by atoms with Gasteiger partial charge < -0.3 is 9.84 Å². The molecule has 0 radical (unpaired) electrons. The summed E-state index contributed by atoms with van der Waals surface area (Å²) in [6, 6.07) is 6.81. The molecule has 0 unspecified atom stereocenters. The summed E-state index contributed by atoms with van der Waals surface area (Å²) >= 11 is 0. The number of carboxylic acid groups (broad SMARTS) is 1. The van der Waals surface area contributed by atoms with Crippen molar-refractivity contribution < 1.29 is 36.2 Å². The van der Waals surface area contributed by atoms with Crippen LogP contribution >= 0.6 is 0 Å². The smallest absolute Gasteiger partial charge is 0.416 e. The molecule has 1 N–H and O–H groups in total. The van der Waals surface area contributed by atoms with E-state index in [1.165, 1.54) is 32.0 Å². The molecule has 0 spiro atoms. The minimum Gasteiger partial charge on any atom is -0.479 e. The van der Waals surface area contributed by atoms with Gasteiger partial charge in [0, 0.05) is 5.56 Å². The zero-order valence-electron chi connectivity index (χ0n) is 15.4. The first-order chi connectivity index (χ1) is 12.9. The van der Waals surface area contributed by atoms with E-state index >= 15 is 0 Å². The summed E-state index contributed by atoms with van der Waals surface area (Å²) in [4.78, 5) is 11.1. The quantitative estimate of drug-likeness (QED) is 0.758. The average molecular weight is 416 g/mol. The fourth-order valence-electron chi connectivity index (χ4n) is 2.56. The monoisotopic (exact) mass is 416 g/mol. The highest BCUT2D eigenvalue weighted by Gasteiger charge is 2.32. The maximum Gasteiger partial charge on any atom is 0.416 e. The molecule has 0 amide bonds. The van der Waals surface area contributed by atoms with E-state index in [1.807, 2.05) is 0 Å². The number of alkyl halides is 3. The molecule has 0 heterocycles. The van der Waals surface area contributed by atoms with Crippen molar-refractivity contribution in [1.29, 1.82) is 0 Å². The summed E-state index contributed by atoms with van der Waals surface area (Å²) in [7, 11) is -3.48. The van der Waals surface area contributed by atoms with Gasteiger partial charge in [-0.2, -0.15) is 13.2 Å². The second-order valence-electron chi connectivity index (χ2n) is 6.19. The zero-order valence-corrected chi connectivity index (χ0v) is 16.2. The van der Waals surface area contributed by atoms with Crippen molar-refractivity contribution in [3.8, 4) is 16.9 Å². The first-order valence-electron chi connectivity index (χ1n) is 8.31. The van der Waals surface area contributed by atoms with Crippen molar-refractivity contribution in [2.75, 3.05) is 5.75 Å². The third-order valence-corrected chi connectivity index (χ3v) is 5.92. The highest BCUT2D eigenvalue weighted by Crippen LogP contribution is 2.39. The molecule has 0 saturated heterocycles. The second kappa shape index (κ2) is 7.83. The van der Waals surface area contributed by atoms with Gasteiger partial charge >= 0.3 is 12.1 Å². The summed E-state index contributed by atoms with van der Waals surface area (Å²) in [5, 5.41) is 9.02. The largest absolute Gasteiger partial charge is 0.479 e. The van der Waals surface area contributed by atoms with Crippen LogP contribution in [0.25, 0.3) is 11.1 Å². The van der Waals surface area contributed by atoms with E-state index in [1.54, 1.807) is 6.92 Å². The number of carboxylic acids is 1. The first-order valence-corrected chi connectivity index (χ1v) is 9.96. The molecule has 1 atom stereocenters. The maximum absolute atomic E-state index is 13.2. The van der Waals surface area contributed by atoms with Crippen molar-refractivity contribution in [1.82, 2.24) is 0 Å². The Morgan fingerprint density at radius 2 is 1.79 bits per heavy atom. The van der Waals surface area contributed by atoms with E-state index in [0.29, 0.717) is 11.1 Å². The maximum atomic E-state index is 13.2. The number of ether oxygens (including phenoxy) is 1. The van der Waals surface area contributed by atoms with Crippen LogP contribution in [0.2, 0.25) is 0 Å². The normalized spacial score (nSPS) is 13.2. The predicted molar refractivity (Wildman–Crippen MR) is 97.1 cm³/mol. The molecule has 2 rings (SSSR count). The van der Waals surface area contributed by atoms with Gasteiger partial charge in [-0.25, -0.2) is 13.2 Å². The Morgan fingerprint density at radius 1 is 1.14 bits per heavy atom. The lowest BCUT2D eigenvalue weighted by Gasteiger charge is -2.18. The van der Waals surface area contributed by atoms with Gasteiger partial charge in [0.2, 0.25) is 0 Å². The summed E-state index contributed by atoms with van der Waals surface area (Å²) < 4.78 is 68.9. The van der Waals surface area contributed by atoms with Gasteiger partial charge in [-0.3, -0.25) is 0 Å². The third kappa shape index (κ3) is 4.64. The molecule has 9 heteroatoms. The number of halogens is 3. The summed E-state index contributed by atoms with van der Waals surface area (Å²) in [6.07, 6.45) is -5.89. The van der Waals surface area contributed by atoms with Gasteiger partial charge in [-0.1, -0.05) is 13.0 Å². The van der Waals surface area contributed by atoms with Crippen molar-refractivity contribution in [2.24, 2.45) is 0 Å². The van der Waals surface area contributed by atoms with Gasteiger partial charge in [0.1, 0.15) is 5.75 Å². The van der Waals surface area contributed by atoms with Gasteiger partial charge in [0.25, 0.3) is 0 Å². The minimum atomic E-state index is -4.61. The number of hydrogen-bond donors (Lipinski definition) is 1. The molecule has 0 bridgehead atoms. The Kier molecular flexibility index (Phi) is 6.08. The molecule has 0 saturated carbocycles. The number of aryl methyl sites for hydroxylation is 1. The van der Waals surface area contributed by atoms with Crippen LogP contribution in [0, 0.1) is 6.92 Å². The number of sulfone groups is 1. The molecule has 2 aromatic rings. The van der Waals surface area contributed by atoms with E-state index < -0.39 is 33.7 Å². The minimum absolute atomic E-state index is 0.0286. The van der Waals surface area contributed by atoms with Gasteiger partial charge in [-0.15, -0.1) is 0 Å². The number of aliphatic carboxylic acids is 1. The zero-order chi connectivity index (χ0) is 21.3. The molecule has 0 aromatic heterocycles. The van der Waals surface area contributed by atoms with Crippen molar-refractivity contribution in [2.45, 2.75) is 37.9 Å². The number of carbonyl (C=O) groups is 1. The Hall–Kier alpha value is -2.55. The van der Waals surface area contributed by atoms with Crippen LogP contribution in [0.5, 0.6) is 5.75 Å². The fourth-order valence-corrected chi connectivity index (χ4v) is 3.52. The Labute approximate surface area is 160 Å². The lowest BCUT2D eigenvalue weighted by molar-refractivity contribution is -0.144. The van der Waals surface area contributed by atoms with E-state index in [4.69, 9.17) is 9.84 Å². The van der Waals surface area contributed by atoms with Crippen molar-refractivity contribution >= 4 is 15.8 Å². The fraction of sp³-hybridized carbons (Fsp3) is 0.316. The lowest BCUT2D eigenvalue weighted by atomic mass is 9.97. The second-order valence-corrected chi connectivity index (χ2v) is 8.47. The SMILES string of the molecule is CCS(=O)(=O)c1ccc(-c2cc(C(F)(F)F)ccc2O[C@@H](C)C(=O)O)c(C)c1. The number of benzene rings is 2. The molecule has 0 aliphatic carbocycles. The van der Waals surface area contributed by atoms with E-state index in [9.17, 15) is 26.4 Å². The average Bonchev–Trinajstić information content (AvgIpc) is 2.61. The predicted octanol–water partition coefficient (Wildman–Crippen LogP) is 4.33. The van der Waals surface area contributed by atoms with Gasteiger partial charge in [-0.05, 0) is 55.3 Å². The van der Waals surface area contributed by atoms with Crippen LogP contribution in [-0.2, 0) is 20.8 Å². The summed E-state index contributed by atoms with van der Waals surface area (Å²) in [6.45, 7) is 4.31. The summed E-state index contributed by atoms with van der Waals surface area (Å²) in [5.74, 6) is -1.43. The van der Waals surface area contributed by atoms with Crippen LogP contribution in [0.4, 0.5) is 13.2 Å². The van der Waals surface area contributed by atoms with E-state index in [2.05, 4.69) is 0 Å². The number of rotatable bonds is 6. The first kappa shape index (κ1) is 21.7. The lowest BCUT2D eigenvalue weighted by Crippen LogP contribution is -2.23. The Bertz CT molecular complexity index is 997. The molecule has 5 nitrogen and oxygen atoms in total. The molecule has 152 valence electrons. The molecule has 0 fully saturated rings. The number of hydrogen-bond acceptors (Lipinski definition) is 4. The molecular weight excluding hydrogens is 397 g/mol. The Balaban J connectivity index is 2.65. The molecular formula is C19H19F3O5S. The van der Waals surface area contributed by atoms with Crippen LogP contribution in [0.1, 0.15) is 25.0 Å². The van der Waals surface area contributed by atoms with Crippen LogP contribution in [0.15, 0.2) is 41.3 Å². The molecule has 2 aromatic carbocycles. The topological polar surface area (TPSA) is 80.7 Å². The van der Waals surface area contributed by atoms with Crippen molar-refractivity contribution in [3.05, 3.63) is 47.5 Å².